The first-order valence-electron chi connectivity index (χ1n) is 4.95. The summed E-state index contributed by atoms with van der Waals surface area (Å²) in [6.45, 7) is 5.76. The van der Waals surface area contributed by atoms with E-state index in [-0.39, 0.29) is 0 Å². The summed E-state index contributed by atoms with van der Waals surface area (Å²) in [4.78, 5) is 0. The van der Waals surface area contributed by atoms with Gasteiger partial charge in [-0.1, -0.05) is 6.07 Å². The number of nitrogens with zero attached hydrogens (tertiary/aromatic N) is 1. The Labute approximate surface area is 89.1 Å². The van der Waals surface area contributed by atoms with E-state index in [9.17, 15) is 0 Å². The van der Waals surface area contributed by atoms with Crippen LogP contribution in [0.2, 0.25) is 0 Å². The molecule has 2 rings (SSSR count). The summed E-state index contributed by atoms with van der Waals surface area (Å²) in [7, 11) is 0. The number of rotatable bonds is 1. The SMILES string of the molecule is Cc1cc2cc(C(C)(C)C#N)ccc2o1. The second kappa shape index (κ2) is 3.13. The predicted molar refractivity (Wildman–Crippen MR) is 59.6 cm³/mol. The molecule has 0 bridgehead atoms. The van der Waals surface area contributed by atoms with Crippen molar-refractivity contribution in [3.05, 3.63) is 35.6 Å². The molecule has 0 saturated heterocycles. The molecule has 0 aliphatic heterocycles. The standard InChI is InChI=1S/C13H13NO/c1-9-6-10-7-11(13(2,3)8-14)4-5-12(10)15-9/h4-7H,1-3H3. The van der Waals surface area contributed by atoms with Crippen LogP contribution in [0.15, 0.2) is 28.7 Å². The van der Waals surface area contributed by atoms with E-state index >= 15 is 0 Å². The van der Waals surface area contributed by atoms with E-state index in [1.54, 1.807) is 0 Å². The summed E-state index contributed by atoms with van der Waals surface area (Å²) in [5.41, 5.74) is 1.46. The molecule has 1 aromatic carbocycles. The molecular weight excluding hydrogens is 186 g/mol. The molecule has 0 aliphatic carbocycles. The van der Waals surface area contributed by atoms with E-state index in [1.165, 1.54) is 0 Å². The van der Waals surface area contributed by atoms with E-state index in [0.717, 1.165) is 22.3 Å². The van der Waals surface area contributed by atoms with Crippen molar-refractivity contribution in [3.8, 4) is 6.07 Å². The Morgan fingerprint density at radius 3 is 2.67 bits per heavy atom. The van der Waals surface area contributed by atoms with Gasteiger partial charge in [-0.15, -0.1) is 0 Å². The van der Waals surface area contributed by atoms with Gasteiger partial charge in [0, 0.05) is 5.39 Å². The molecule has 76 valence electrons. The highest BCUT2D eigenvalue weighted by atomic mass is 16.3. The highest BCUT2D eigenvalue weighted by Crippen LogP contribution is 2.27. The average molecular weight is 199 g/mol. The lowest BCUT2D eigenvalue weighted by molar-refractivity contribution is 0.578. The molecule has 2 aromatic rings. The van der Waals surface area contributed by atoms with Crippen LogP contribution in [0.25, 0.3) is 11.0 Å². The van der Waals surface area contributed by atoms with Crippen molar-refractivity contribution in [2.24, 2.45) is 0 Å². The molecule has 0 atom stereocenters. The van der Waals surface area contributed by atoms with Gasteiger partial charge in [0.1, 0.15) is 11.3 Å². The Balaban J connectivity index is 2.62. The Kier molecular flexibility index (Phi) is 2.04. The minimum absolute atomic E-state index is 0.445. The third-order valence-corrected chi connectivity index (χ3v) is 2.64. The van der Waals surface area contributed by atoms with Gasteiger partial charge in [0.25, 0.3) is 0 Å². The number of aryl methyl sites for hydroxylation is 1. The Morgan fingerprint density at radius 2 is 2.00 bits per heavy atom. The third kappa shape index (κ3) is 1.61. The summed E-state index contributed by atoms with van der Waals surface area (Å²) < 4.78 is 5.49. The second-order valence-electron chi connectivity index (χ2n) is 4.35. The lowest BCUT2D eigenvalue weighted by Crippen LogP contribution is -2.13. The van der Waals surface area contributed by atoms with Crippen molar-refractivity contribution in [2.75, 3.05) is 0 Å². The van der Waals surface area contributed by atoms with E-state index in [4.69, 9.17) is 9.68 Å². The van der Waals surface area contributed by atoms with Gasteiger partial charge in [-0.25, -0.2) is 0 Å². The van der Waals surface area contributed by atoms with E-state index < -0.39 is 5.41 Å². The fourth-order valence-electron chi connectivity index (χ4n) is 1.63. The van der Waals surface area contributed by atoms with Gasteiger partial charge < -0.3 is 4.42 Å². The molecule has 0 unspecified atom stereocenters. The summed E-state index contributed by atoms with van der Waals surface area (Å²) in [6, 6.07) is 10.2. The molecule has 0 fully saturated rings. The topological polar surface area (TPSA) is 36.9 Å². The van der Waals surface area contributed by atoms with Crippen molar-refractivity contribution >= 4 is 11.0 Å². The monoisotopic (exact) mass is 199 g/mol. The predicted octanol–water partition coefficient (Wildman–Crippen LogP) is 3.54. The van der Waals surface area contributed by atoms with E-state index in [2.05, 4.69) is 6.07 Å². The molecule has 0 spiro atoms. The molecule has 0 saturated carbocycles. The zero-order valence-electron chi connectivity index (χ0n) is 9.16. The average Bonchev–Trinajstić information content (AvgIpc) is 2.56. The largest absolute Gasteiger partial charge is 0.461 e. The molecule has 15 heavy (non-hydrogen) atoms. The smallest absolute Gasteiger partial charge is 0.134 e. The van der Waals surface area contributed by atoms with Gasteiger partial charge in [-0.3, -0.25) is 0 Å². The first kappa shape index (κ1) is 9.79. The molecule has 0 aliphatic rings. The Morgan fingerprint density at radius 1 is 1.27 bits per heavy atom. The number of hydrogen-bond acceptors (Lipinski definition) is 2. The lowest BCUT2D eigenvalue weighted by atomic mass is 9.86. The lowest BCUT2D eigenvalue weighted by Gasteiger charge is -2.15. The van der Waals surface area contributed by atoms with Crippen molar-refractivity contribution in [2.45, 2.75) is 26.2 Å². The maximum Gasteiger partial charge on any atom is 0.134 e. The quantitative estimate of drug-likeness (QED) is 0.704. The molecule has 1 aromatic heterocycles. The van der Waals surface area contributed by atoms with Gasteiger partial charge in [-0.2, -0.15) is 5.26 Å². The summed E-state index contributed by atoms with van der Waals surface area (Å²) in [5, 5.41) is 10.1. The molecule has 0 N–H and O–H groups in total. The maximum atomic E-state index is 9.05. The van der Waals surface area contributed by atoms with Crippen LogP contribution in [0.5, 0.6) is 0 Å². The maximum absolute atomic E-state index is 9.05. The van der Waals surface area contributed by atoms with Crippen LogP contribution in [0.3, 0.4) is 0 Å². The number of benzene rings is 1. The molecule has 2 heteroatoms. The number of nitriles is 1. The molecule has 1 heterocycles. The van der Waals surface area contributed by atoms with Crippen molar-refractivity contribution in [1.82, 2.24) is 0 Å². The van der Waals surface area contributed by atoms with E-state index in [0.29, 0.717) is 0 Å². The van der Waals surface area contributed by atoms with Crippen molar-refractivity contribution in [1.29, 1.82) is 5.26 Å². The van der Waals surface area contributed by atoms with Crippen molar-refractivity contribution in [3.63, 3.8) is 0 Å². The summed E-state index contributed by atoms with van der Waals surface area (Å²) >= 11 is 0. The summed E-state index contributed by atoms with van der Waals surface area (Å²) in [6.07, 6.45) is 0. The van der Waals surface area contributed by atoms with Gasteiger partial charge in [0.15, 0.2) is 0 Å². The highest BCUT2D eigenvalue weighted by molar-refractivity contribution is 5.79. The Hall–Kier alpha value is -1.75. The molecule has 2 nitrogen and oxygen atoms in total. The van der Waals surface area contributed by atoms with Crippen LogP contribution in [-0.4, -0.2) is 0 Å². The zero-order valence-corrected chi connectivity index (χ0v) is 9.16. The number of furan rings is 1. The van der Waals surface area contributed by atoms with Crippen molar-refractivity contribution < 1.29 is 4.42 Å². The zero-order chi connectivity index (χ0) is 11.1. The summed E-state index contributed by atoms with van der Waals surface area (Å²) in [5.74, 6) is 0.900. The van der Waals surface area contributed by atoms with E-state index in [1.807, 2.05) is 45.0 Å². The molecule has 0 radical (unpaired) electrons. The van der Waals surface area contributed by atoms with Gasteiger partial charge >= 0.3 is 0 Å². The third-order valence-electron chi connectivity index (χ3n) is 2.64. The highest BCUT2D eigenvalue weighted by Gasteiger charge is 2.20. The van der Waals surface area contributed by atoms with Crippen LogP contribution in [0.1, 0.15) is 25.2 Å². The van der Waals surface area contributed by atoms with Crippen LogP contribution in [-0.2, 0) is 5.41 Å². The van der Waals surface area contributed by atoms with Crippen LogP contribution in [0, 0.1) is 18.3 Å². The first-order valence-corrected chi connectivity index (χ1v) is 4.95. The fraction of sp³-hybridized carbons (Fsp3) is 0.308. The fourth-order valence-corrected chi connectivity index (χ4v) is 1.63. The number of hydrogen-bond donors (Lipinski definition) is 0. The second-order valence-corrected chi connectivity index (χ2v) is 4.35. The Bertz CT molecular complexity index is 543. The van der Waals surface area contributed by atoms with Crippen LogP contribution < -0.4 is 0 Å². The minimum Gasteiger partial charge on any atom is -0.461 e. The van der Waals surface area contributed by atoms with Crippen LogP contribution in [0.4, 0.5) is 0 Å². The first-order chi connectivity index (χ1) is 7.03. The van der Waals surface area contributed by atoms with Gasteiger partial charge in [0.05, 0.1) is 11.5 Å². The molecule has 0 amide bonds. The normalized spacial score (nSPS) is 11.6. The van der Waals surface area contributed by atoms with Gasteiger partial charge in [-0.05, 0) is 44.5 Å². The number of fused-ring (bicyclic) bond motifs is 1. The minimum atomic E-state index is -0.445. The van der Waals surface area contributed by atoms with Gasteiger partial charge in [0.2, 0.25) is 0 Å². The molecular formula is C13H13NO. The van der Waals surface area contributed by atoms with Crippen LogP contribution >= 0.6 is 0 Å².